The molecule has 0 aliphatic rings. The van der Waals surface area contributed by atoms with Crippen LogP contribution in [0, 0.1) is 6.42 Å². The number of carbonyl (C=O) groups excluding carboxylic acids is 1. The maximum Gasteiger partial charge on any atom is 0.223 e. The summed E-state index contributed by atoms with van der Waals surface area (Å²) in [7, 11) is 0. The molecule has 0 rings (SSSR count). The van der Waals surface area contributed by atoms with Gasteiger partial charge in [0.1, 0.15) is 0 Å². The molecule has 2 nitrogen and oxygen atoms in total. The SMILES string of the molecule is C[CH]C(=O)NCCCCCCCCC. The van der Waals surface area contributed by atoms with Crippen LogP contribution in [0.3, 0.4) is 0 Å². The van der Waals surface area contributed by atoms with Gasteiger partial charge in [-0.25, -0.2) is 0 Å². The molecule has 0 aromatic rings. The molecule has 0 fully saturated rings. The van der Waals surface area contributed by atoms with Gasteiger partial charge in [0.25, 0.3) is 0 Å². The lowest BCUT2D eigenvalue weighted by atomic mass is 10.1. The average molecular weight is 198 g/mol. The standard InChI is InChI=1S/C12H24NO/c1-3-5-6-7-8-9-10-11-13-12(14)4-2/h4H,3,5-11H2,1-2H3,(H,13,14). The molecule has 1 amide bonds. The van der Waals surface area contributed by atoms with Crippen LogP contribution in [0.25, 0.3) is 0 Å². The van der Waals surface area contributed by atoms with Gasteiger partial charge < -0.3 is 5.32 Å². The van der Waals surface area contributed by atoms with Gasteiger partial charge in [-0.3, -0.25) is 4.79 Å². The van der Waals surface area contributed by atoms with E-state index in [1.54, 1.807) is 13.3 Å². The van der Waals surface area contributed by atoms with E-state index in [0.29, 0.717) is 0 Å². The molecule has 14 heavy (non-hydrogen) atoms. The number of rotatable bonds is 9. The summed E-state index contributed by atoms with van der Waals surface area (Å²) in [5.41, 5.74) is 0. The molecule has 0 spiro atoms. The first-order valence-corrected chi connectivity index (χ1v) is 5.88. The number of nitrogens with one attached hydrogen (secondary N) is 1. The largest absolute Gasteiger partial charge is 0.356 e. The van der Waals surface area contributed by atoms with Crippen molar-refractivity contribution >= 4 is 5.91 Å². The first-order chi connectivity index (χ1) is 6.81. The zero-order valence-electron chi connectivity index (χ0n) is 9.64. The fourth-order valence-corrected chi connectivity index (χ4v) is 1.40. The van der Waals surface area contributed by atoms with Crippen molar-refractivity contribution in [2.45, 2.75) is 58.8 Å². The fourth-order valence-electron chi connectivity index (χ4n) is 1.40. The zero-order chi connectivity index (χ0) is 10.6. The van der Waals surface area contributed by atoms with E-state index in [0.717, 1.165) is 13.0 Å². The molecule has 0 aliphatic carbocycles. The minimum absolute atomic E-state index is 0.0518. The fraction of sp³-hybridized carbons (Fsp3) is 0.833. The Kier molecular flexibility index (Phi) is 10.2. The van der Waals surface area contributed by atoms with Crippen molar-refractivity contribution in [2.75, 3.05) is 6.54 Å². The van der Waals surface area contributed by atoms with E-state index in [1.165, 1.54) is 38.5 Å². The molecule has 0 bridgehead atoms. The molecule has 2 heteroatoms. The Morgan fingerprint density at radius 3 is 2.21 bits per heavy atom. The van der Waals surface area contributed by atoms with Gasteiger partial charge in [0.2, 0.25) is 5.91 Å². The molecule has 0 atom stereocenters. The molecule has 0 saturated carbocycles. The second-order valence-corrected chi connectivity index (χ2v) is 3.70. The van der Waals surface area contributed by atoms with Gasteiger partial charge in [0.05, 0.1) is 0 Å². The number of hydrogen-bond acceptors (Lipinski definition) is 1. The highest BCUT2D eigenvalue weighted by molar-refractivity contribution is 5.83. The quantitative estimate of drug-likeness (QED) is 0.567. The summed E-state index contributed by atoms with van der Waals surface area (Å²) < 4.78 is 0. The minimum atomic E-state index is 0.0518. The molecule has 0 unspecified atom stereocenters. The van der Waals surface area contributed by atoms with Crippen LogP contribution in [-0.4, -0.2) is 12.5 Å². The molecule has 1 radical (unpaired) electrons. The van der Waals surface area contributed by atoms with Crippen molar-refractivity contribution < 1.29 is 4.79 Å². The highest BCUT2D eigenvalue weighted by Crippen LogP contribution is 2.06. The van der Waals surface area contributed by atoms with Crippen LogP contribution in [0.1, 0.15) is 58.8 Å². The first kappa shape index (κ1) is 13.5. The molecular formula is C12H24NO. The van der Waals surface area contributed by atoms with Crippen molar-refractivity contribution in [3.63, 3.8) is 0 Å². The molecule has 0 aromatic heterocycles. The van der Waals surface area contributed by atoms with Crippen LogP contribution in [0.5, 0.6) is 0 Å². The van der Waals surface area contributed by atoms with E-state index in [4.69, 9.17) is 0 Å². The Morgan fingerprint density at radius 1 is 1.07 bits per heavy atom. The van der Waals surface area contributed by atoms with Crippen LogP contribution in [0.2, 0.25) is 0 Å². The third-order valence-electron chi connectivity index (χ3n) is 2.34. The molecule has 0 aromatic carbocycles. The van der Waals surface area contributed by atoms with Gasteiger partial charge >= 0.3 is 0 Å². The first-order valence-electron chi connectivity index (χ1n) is 5.88. The zero-order valence-corrected chi connectivity index (χ0v) is 9.64. The molecular weight excluding hydrogens is 174 g/mol. The lowest BCUT2D eigenvalue weighted by Gasteiger charge is -2.03. The Hall–Kier alpha value is -0.530. The maximum absolute atomic E-state index is 10.8. The third kappa shape index (κ3) is 9.56. The summed E-state index contributed by atoms with van der Waals surface area (Å²) in [6, 6.07) is 0. The Balaban J connectivity index is 2.95. The molecule has 0 heterocycles. The smallest absolute Gasteiger partial charge is 0.223 e. The Labute approximate surface area is 88.5 Å². The predicted octanol–water partition coefficient (Wildman–Crippen LogP) is 3.08. The predicted molar refractivity (Wildman–Crippen MR) is 61.0 cm³/mol. The van der Waals surface area contributed by atoms with Crippen LogP contribution >= 0.6 is 0 Å². The summed E-state index contributed by atoms with van der Waals surface area (Å²) in [4.78, 5) is 10.8. The van der Waals surface area contributed by atoms with Crippen LogP contribution < -0.4 is 5.32 Å². The van der Waals surface area contributed by atoms with Crippen molar-refractivity contribution in [3.8, 4) is 0 Å². The lowest BCUT2D eigenvalue weighted by molar-refractivity contribution is -0.117. The van der Waals surface area contributed by atoms with E-state index in [-0.39, 0.29) is 5.91 Å². The van der Waals surface area contributed by atoms with Gasteiger partial charge in [0, 0.05) is 13.0 Å². The monoisotopic (exact) mass is 198 g/mol. The van der Waals surface area contributed by atoms with E-state index in [2.05, 4.69) is 12.2 Å². The summed E-state index contributed by atoms with van der Waals surface area (Å²) in [6.07, 6.45) is 10.6. The van der Waals surface area contributed by atoms with E-state index in [1.807, 2.05) is 0 Å². The van der Waals surface area contributed by atoms with Crippen molar-refractivity contribution in [1.82, 2.24) is 5.32 Å². The van der Waals surface area contributed by atoms with E-state index >= 15 is 0 Å². The van der Waals surface area contributed by atoms with Gasteiger partial charge in [-0.15, -0.1) is 0 Å². The number of unbranched alkanes of at least 4 members (excludes halogenated alkanes) is 6. The van der Waals surface area contributed by atoms with Crippen LogP contribution in [-0.2, 0) is 4.79 Å². The summed E-state index contributed by atoms with van der Waals surface area (Å²) in [6.45, 7) is 4.83. The number of amides is 1. The second kappa shape index (κ2) is 10.6. The third-order valence-corrected chi connectivity index (χ3v) is 2.34. The van der Waals surface area contributed by atoms with Crippen molar-refractivity contribution in [1.29, 1.82) is 0 Å². The van der Waals surface area contributed by atoms with Gasteiger partial charge in [-0.1, -0.05) is 52.4 Å². The summed E-state index contributed by atoms with van der Waals surface area (Å²) in [5.74, 6) is 0.0518. The molecule has 83 valence electrons. The van der Waals surface area contributed by atoms with Crippen molar-refractivity contribution in [2.24, 2.45) is 0 Å². The lowest BCUT2D eigenvalue weighted by Crippen LogP contribution is -2.23. The highest BCUT2D eigenvalue weighted by Gasteiger charge is 1.95. The topological polar surface area (TPSA) is 29.1 Å². The van der Waals surface area contributed by atoms with E-state index in [9.17, 15) is 4.79 Å². The summed E-state index contributed by atoms with van der Waals surface area (Å²) >= 11 is 0. The molecule has 0 saturated heterocycles. The molecule has 0 aliphatic heterocycles. The Bertz CT molecular complexity index is 134. The van der Waals surface area contributed by atoms with Gasteiger partial charge in [-0.2, -0.15) is 0 Å². The average Bonchev–Trinajstić information content (AvgIpc) is 2.21. The van der Waals surface area contributed by atoms with Gasteiger partial charge in [-0.05, 0) is 6.42 Å². The maximum atomic E-state index is 10.8. The minimum Gasteiger partial charge on any atom is -0.356 e. The number of hydrogen-bond donors (Lipinski definition) is 1. The summed E-state index contributed by atoms with van der Waals surface area (Å²) in [5, 5.41) is 2.84. The number of carbonyl (C=O) groups is 1. The highest BCUT2D eigenvalue weighted by atomic mass is 16.1. The van der Waals surface area contributed by atoms with Gasteiger partial charge in [0.15, 0.2) is 0 Å². The van der Waals surface area contributed by atoms with Crippen LogP contribution in [0.4, 0.5) is 0 Å². The van der Waals surface area contributed by atoms with E-state index < -0.39 is 0 Å². The molecule has 1 N–H and O–H groups in total. The van der Waals surface area contributed by atoms with Crippen molar-refractivity contribution in [3.05, 3.63) is 6.42 Å². The Morgan fingerprint density at radius 2 is 1.64 bits per heavy atom. The normalized spacial score (nSPS) is 10.1. The van der Waals surface area contributed by atoms with Crippen LogP contribution in [0.15, 0.2) is 0 Å². The second-order valence-electron chi connectivity index (χ2n) is 3.70.